The SMILES string of the molecule is Cc1ccc(N2C=NC(C)N2)cc1. The molecule has 0 fully saturated rings. The first kappa shape index (κ1) is 8.26. The van der Waals surface area contributed by atoms with Crippen LogP contribution in [0.2, 0.25) is 0 Å². The van der Waals surface area contributed by atoms with Crippen LogP contribution in [0.15, 0.2) is 29.3 Å². The number of anilines is 1. The van der Waals surface area contributed by atoms with Gasteiger partial charge in [0.05, 0.1) is 5.69 Å². The lowest BCUT2D eigenvalue weighted by Gasteiger charge is -2.15. The fourth-order valence-electron chi connectivity index (χ4n) is 1.28. The molecule has 3 nitrogen and oxygen atoms in total. The van der Waals surface area contributed by atoms with Gasteiger partial charge in [-0.2, -0.15) is 0 Å². The third-order valence-electron chi connectivity index (χ3n) is 2.04. The number of benzene rings is 1. The van der Waals surface area contributed by atoms with E-state index in [9.17, 15) is 0 Å². The van der Waals surface area contributed by atoms with Crippen molar-refractivity contribution < 1.29 is 0 Å². The fraction of sp³-hybridized carbons (Fsp3) is 0.300. The third-order valence-corrected chi connectivity index (χ3v) is 2.04. The predicted molar refractivity (Wildman–Crippen MR) is 54.7 cm³/mol. The van der Waals surface area contributed by atoms with Gasteiger partial charge in [-0.05, 0) is 26.0 Å². The number of nitrogens with one attached hydrogen (secondary N) is 1. The molecule has 0 saturated heterocycles. The van der Waals surface area contributed by atoms with Crippen molar-refractivity contribution in [1.29, 1.82) is 0 Å². The van der Waals surface area contributed by atoms with Crippen molar-refractivity contribution in [2.24, 2.45) is 4.99 Å². The van der Waals surface area contributed by atoms with Gasteiger partial charge in [-0.1, -0.05) is 17.7 Å². The number of hydrazine groups is 1. The summed E-state index contributed by atoms with van der Waals surface area (Å²) in [6, 6.07) is 8.33. The van der Waals surface area contributed by atoms with Gasteiger partial charge in [0.1, 0.15) is 12.5 Å². The van der Waals surface area contributed by atoms with E-state index >= 15 is 0 Å². The standard InChI is InChI=1S/C10H13N3/c1-8-3-5-10(6-4-8)13-7-11-9(2)12-13/h3-7,9,12H,1-2H3. The summed E-state index contributed by atoms with van der Waals surface area (Å²) in [5.41, 5.74) is 5.60. The topological polar surface area (TPSA) is 27.6 Å². The van der Waals surface area contributed by atoms with Gasteiger partial charge in [0.2, 0.25) is 0 Å². The fourth-order valence-corrected chi connectivity index (χ4v) is 1.28. The summed E-state index contributed by atoms with van der Waals surface area (Å²) in [5.74, 6) is 0. The van der Waals surface area contributed by atoms with E-state index in [1.807, 2.05) is 18.3 Å². The molecule has 0 amide bonds. The van der Waals surface area contributed by atoms with Gasteiger partial charge in [0.25, 0.3) is 0 Å². The van der Waals surface area contributed by atoms with Crippen LogP contribution in [0.5, 0.6) is 0 Å². The summed E-state index contributed by atoms with van der Waals surface area (Å²) in [6.07, 6.45) is 2.00. The molecule has 1 heterocycles. The van der Waals surface area contributed by atoms with Gasteiger partial charge in [-0.15, -0.1) is 0 Å². The van der Waals surface area contributed by atoms with Crippen molar-refractivity contribution in [3.63, 3.8) is 0 Å². The maximum Gasteiger partial charge on any atom is 0.116 e. The van der Waals surface area contributed by atoms with E-state index in [2.05, 4.69) is 41.6 Å². The Morgan fingerprint density at radius 2 is 2.00 bits per heavy atom. The summed E-state index contributed by atoms with van der Waals surface area (Å²) in [7, 11) is 0. The normalized spacial score (nSPS) is 21.1. The molecule has 3 heteroatoms. The minimum absolute atomic E-state index is 0.182. The Kier molecular flexibility index (Phi) is 2.02. The minimum atomic E-state index is 0.182. The van der Waals surface area contributed by atoms with Crippen LogP contribution in [0.25, 0.3) is 0 Å². The lowest BCUT2D eigenvalue weighted by atomic mass is 10.2. The lowest BCUT2D eigenvalue weighted by molar-refractivity contribution is 0.632. The number of aliphatic imine (C=N–C) groups is 1. The molecule has 1 aliphatic rings. The second-order valence-electron chi connectivity index (χ2n) is 3.28. The Labute approximate surface area is 78.1 Å². The van der Waals surface area contributed by atoms with Crippen molar-refractivity contribution in [2.75, 3.05) is 5.01 Å². The Morgan fingerprint density at radius 3 is 2.54 bits per heavy atom. The highest BCUT2D eigenvalue weighted by Gasteiger charge is 2.12. The van der Waals surface area contributed by atoms with E-state index in [4.69, 9.17) is 0 Å². The molecule has 68 valence electrons. The number of rotatable bonds is 1. The van der Waals surface area contributed by atoms with Crippen LogP contribution in [-0.4, -0.2) is 12.5 Å². The zero-order valence-electron chi connectivity index (χ0n) is 7.86. The van der Waals surface area contributed by atoms with Crippen LogP contribution in [0.4, 0.5) is 5.69 Å². The van der Waals surface area contributed by atoms with Crippen molar-refractivity contribution >= 4 is 12.0 Å². The molecule has 1 unspecified atom stereocenters. The van der Waals surface area contributed by atoms with Crippen LogP contribution < -0.4 is 10.4 Å². The highest BCUT2D eigenvalue weighted by atomic mass is 15.6. The van der Waals surface area contributed by atoms with Crippen molar-refractivity contribution in [2.45, 2.75) is 20.0 Å². The molecule has 1 aliphatic heterocycles. The van der Waals surface area contributed by atoms with Crippen molar-refractivity contribution in [3.05, 3.63) is 29.8 Å². The molecule has 0 bridgehead atoms. The van der Waals surface area contributed by atoms with Gasteiger partial charge in [-0.3, -0.25) is 10.0 Å². The van der Waals surface area contributed by atoms with Gasteiger partial charge in [-0.25, -0.2) is 5.43 Å². The number of hydrogen-bond acceptors (Lipinski definition) is 3. The number of hydrogen-bond donors (Lipinski definition) is 1. The molecular weight excluding hydrogens is 162 g/mol. The number of aryl methyl sites for hydroxylation is 1. The van der Waals surface area contributed by atoms with Crippen molar-refractivity contribution in [1.82, 2.24) is 5.43 Å². The lowest BCUT2D eigenvalue weighted by Crippen LogP contribution is -2.35. The first-order valence-corrected chi connectivity index (χ1v) is 4.41. The molecule has 0 radical (unpaired) electrons. The molecule has 0 aromatic heterocycles. The molecule has 1 N–H and O–H groups in total. The van der Waals surface area contributed by atoms with E-state index in [1.165, 1.54) is 5.56 Å². The van der Waals surface area contributed by atoms with E-state index in [0.717, 1.165) is 5.69 Å². The summed E-state index contributed by atoms with van der Waals surface area (Å²) >= 11 is 0. The Balaban J connectivity index is 2.18. The van der Waals surface area contributed by atoms with Crippen LogP contribution >= 0.6 is 0 Å². The van der Waals surface area contributed by atoms with Gasteiger partial charge in [0.15, 0.2) is 0 Å². The molecule has 2 rings (SSSR count). The summed E-state index contributed by atoms with van der Waals surface area (Å²) in [6.45, 7) is 4.10. The maximum atomic E-state index is 4.21. The average Bonchev–Trinajstić information content (AvgIpc) is 2.53. The minimum Gasteiger partial charge on any atom is -0.264 e. The molecule has 1 atom stereocenters. The third kappa shape index (κ3) is 1.70. The van der Waals surface area contributed by atoms with E-state index < -0.39 is 0 Å². The molecule has 0 spiro atoms. The quantitative estimate of drug-likeness (QED) is 0.703. The van der Waals surface area contributed by atoms with Crippen LogP contribution in [-0.2, 0) is 0 Å². The Bertz CT molecular complexity index is 315. The zero-order valence-corrected chi connectivity index (χ0v) is 7.86. The zero-order chi connectivity index (χ0) is 9.26. The first-order chi connectivity index (χ1) is 6.25. The Morgan fingerprint density at radius 1 is 1.31 bits per heavy atom. The van der Waals surface area contributed by atoms with E-state index in [0.29, 0.717) is 0 Å². The summed E-state index contributed by atoms with van der Waals surface area (Å²) < 4.78 is 0. The van der Waals surface area contributed by atoms with E-state index in [1.54, 1.807) is 0 Å². The van der Waals surface area contributed by atoms with Crippen LogP contribution in [0.3, 0.4) is 0 Å². The molecular formula is C10H13N3. The molecule has 0 saturated carbocycles. The number of nitrogens with zero attached hydrogens (tertiary/aromatic N) is 2. The molecule has 0 aliphatic carbocycles. The summed E-state index contributed by atoms with van der Waals surface area (Å²) in [4.78, 5) is 4.21. The molecule has 1 aromatic carbocycles. The molecule has 13 heavy (non-hydrogen) atoms. The predicted octanol–water partition coefficient (Wildman–Crippen LogP) is 1.69. The average molecular weight is 175 g/mol. The van der Waals surface area contributed by atoms with Crippen LogP contribution in [0, 0.1) is 6.92 Å². The highest BCUT2D eigenvalue weighted by Crippen LogP contribution is 2.14. The van der Waals surface area contributed by atoms with Crippen molar-refractivity contribution in [3.8, 4) is 0 Å². The smallest absolute Gasteiger partial charge is 0.116 e. The van der Waals surface area contributed by atoms with E-state index in [-0.39, 0.29) is 6.17 Å². The summed E-state index contributed by atoms with van der Waals surface area (Å²) in [5, 5.41) is 1.93. The largest absolute Gasteiger partial charge is 0.264 e. The highest BCUT2D eigenvalue weighted by molar-refractivity contribution is 5.79. The van der Waals surface area contributed by atoms with Gasteiger partial charge in [0, 0.05) is 0 Å². The molecule has 1 aromatic rings. The maximum absolute atomic E-state index is 4.21. The monoisotopic (exact) mass is 175 g/mol. The van der Waals surface area contributed by atoms with Crippen LogP contribution in [0.1, 0.15) is 12.5 Å². The second kappa shape index (κ2) is 3.18. The van der Waals surface area contributed by atoms with Gasteiger partial charge < -0.3 is 0 Å². The second-order valence-corrected chi connectivity index (χ2v) is 3.28. The Hall–Kier alpha value is -1.35. The van der Waals surface area contributed by atoms with Gasteiger partial charge >= 0.3 is 0 Å². The first-order valence-electron chi connectivity index (χ1n) is 4.41.